The lowest BCUT2D eigenvalue weighted by molar-refractivity contribution is 0.0580. The second-order valence-corrected chi connectivity index (χ2v) is 7.84. The normalized spacial score (nSPS) is 22.9. The Morgan fingerprint density at radius 2 is 1.96 bits per heavy atom. The number of rotatable bonds is 3. The van der Waals surface area contributed by atoms with Gasteiger partial charge in [0.2, 0.25) is 0 Å². The Morgan fingerprint density at radius 3 is 2.81 bits per heavy atom. The van der Waals surface area contributed by atoms with E-state index in [2.05, 4.69) is 25.8 Å². The summed E-state index contributed by atoms with van der Waals surface area (Å²) in [6.07, 6.45) is 4.16. The zero-order valence-corrected chi connectivity index (χ0v) is 15.3. The van der Waals surface area contributed by atoms with E-state index in [4.69, 9.17) is 0 Å². The molecule has 3 aromatic rings. The van der Waals surface area contributed by atoms with Crippen molar-refractivity contribution in [2.45, 2.75) is 25.4 Å². The molecule has 138 valence electrons. The molecule has 2 aromatic heterocycles. The monoisotopic (exact) mass is 360 g/mol. The van der Waals surface area contributed by atoms with E-state index in [1.165, 1.54) is 6.42 Å². The molecule has 2 atom stereocenters. The number of fused-ring (bicyclic) bond motifs is 5. The zero-order valence-electron chi connectivity index (χ0n) is 15.3. The van der Waals surface area contributed by atoms with E-state index >= 15 is 0 Å². The van der Waals surface area contributed by atoms with Crippen LogP contribution in [-0.2, 0) is 6.54 Å². The van der Waals surface area contributed by atoms with Crippen LogP contribution in [0.4, 0.5) is 0 Å². The summed E-state index contributed by atoms with van der Waals surface area (Å²) in [5, 5.41) is 1.10. The van der Waals surface area contributed by atoms with Crippen molar-refractivity contribution in [1.29, 1.82) is 0 Å². The maximum absolute atomic E-state index is 13.2. The largest absolute Gasteiger partial charge is 0.351 e. The number of nitrogens with one attached hydrogen (secondary N) is 1. The van der Waals surface area contributed by atoms with E-state index in [0.29, 0.717) is 11.6 Å². The summed E-state index contributed by atoms with van der Waals surface area (Å²) < 4.78 is 0. The van der Waals surface area contributed by atoms with Gasteiger partial charge in [0.05, 0.1) is 5.69 Å². The smallest absolute Gasteiger partial charge is 0.270 e. The van der Waals surface area contributed by atoms with Crippen LogP contribution < -0.4 is 0 Å². The van der Waals surface area contributed by atoms with Crippen LogP contribution in [0.1, 0.15) is 29.0 Å². The van der Waals surface area contributed by atoms with Gasteiger partial charge in [-0.2, -0.15) is 0 Å². The molecule has 0 saturated carbocycles. The quantitative estimate of drug-likeness (QED) is 0.780. The predicted molar refractivity (Wildman–Crippen MR) is 105 cm³/mol. The molecule has 6 rings (SSSR count). The fourth-order valence-electron chi connectivity index (χ4n) is 4.62. The molecule has 5 nitrogen and oxygen atoms in total. The molecule has 2 bridgehead atoms. The van der Waals surface area contributed by atoms with Crippen molar-refractivity contribution in [3.8, 4) is 0 Å². The number of hydrogen-bond donors (Lipinski definition) is 1. The molecular weight excluding hydrogens is 336 g/mol. The second-order valence-electron chi connectivity index (χ2n) is 7.84. The topological polar surface area (TPSA) is 52.2 Å². The minimum Gasteiger partial charge on any atom is -0.351 e. The van der Waals surface area contributed by atoms with E-state index in [0.717, 1.165) is 49.2 Å². The predicted octanol–water partition coefficient (Wildman–Crippen LogP) is 3.30. The van der Waals surface area contributed by atoms with Gasteiger partial charge in [-0.1, -0.05) is 24.3 Å². The Labute approximate surface area is 159 Å². The Balaban J connectivity index is 1.36. The number of carbonyl (C=O) groups is 1. The van der Waals surface area contributed by atoms with Crippen LogP contribution in [0.25, 0.3) is 10.9 Å². The Morgan fingerprint density at radius 1 is 1.07 bits per heavy atom. The molecule has 3 fully saturated rings. The van der Waals surface area contributed by atoms with Gasteiger partial charge in [-0.25, -0.2) is 0 Å². The maximum Gasteiger partial charge on any atom is 0.270 e. The van der Waals surface area contributed by atoms with Gasteiger partial charge >= 0.3 is 0 Å². The molecule has 1 amide bonds. The molecule has 1 aromatic carbocycles. The SMILES string of the molecule is O=C(c1cc2ccccc2[nH]1)N1C[C@H]2CC[C@@H]1CN(Cc1ccccn1)C2. The number of para-hydroxylation sites is 1. The lowest BCUT2D eigenvalue weighted by Gasteiger charge is -2.36. The number of aromatic nitrogens is 2. The summed E-state index contributed by atoms with van der Waals surface area (Å²) >= 11 is 0. The number of aromatic amines is 1. The molecule has 3 aliphatic rings. The standard InChI is InChI=1S/C22H24N4O/c27-22(21-11-17-5-1-2-7-20(17)24-21)26-13-16-8-9-19(26)15-25(12-16)14-18-6-3-4-10-23-18/h1-7,10-11,16,19,24H,8-9,12-15H2/t16-,19+/m0/s1. The van der Waals surface area contributed by atoms with Crippen LogP contribution in [0.15, 0.2) is 54.7 Å². The van der Waals surface area contributed by atoms with Gasteiger partial charge in [-0.15, -0.1) is 0 Å². The second kappa shape index (κ2) is 6.82. The third-order valence-corrected chi connectivity index (χ3v) is 5.92. The minimum atomic E-state index is 0.139. The van der Waals surface area contributed by atoms with Crippen molar-refractivity contribution < 1.29 is 4.79 Å². The van der Waals surface area contributed by atoms with Gasteiger partial charge < -0.3 is 9.88 Å². The number of nitrogens with zero attached hydrogens (tertiary/aromatic N) is 3. The number of hydrogen-bond acceptors (Lipinski definition) is 3. The van der Waals surface area contributed by atoms with Crippen molar-refractivity contribution in [3.63, 3.8) is 0 Å². The molecule has 0 unspecified atom stereocenters. The number of piperidine rings is 1. The van der Waals surface area contributed by atoms with E-state index in [1.54, 1.807) is 0 Å². The van der Waals surface area contributed by atoms with Crippen LogP contribution in [0.5, 0.6) is 0 Å². The third-order valence-electron chi connectivity index (χ3n) is 5.92. The van der Waals surface area contributed by atoms with Crippen LogP contribution >= 0.6 is 0 Å². The van der Waals surface area contributed by atoms with Crippen LogP contribution in [0.2, 0.25) is 0 Å². The van der Waals surface area contributed by atoms with E-state index < -0.39 is 0 Å². The Bertz CT molecular complexity index is 918. The van der Waals surface area contributed by atoms with Crippen molar-refractivity contribution in [3.05, 3.63) is 66.1 Å². The first-order valence-electron chi connectivity index (χ1n) is 9.77. The summed E-state index contributed by atoms with van der Waals surface area (Å²) in [4.78, 5) is 25.6. The summed E-state index contributed by atoms with van der Waals surface area (Å²) in [5.41, 5.74) is 2.84. The van der Waals surface area contributed by atoms with Crippen molar-refractivity contribution >= 4 is 16.8 Å². The number of carbonyl (C=O) groups excluding carboxylic acids is 1. The number of H-pyrrole nitrogens is 1. The van der Waals surface area contributed by atoms with Crippen LogP contribution in [0.3, 0.4) is 0 Å². The third kappa shape index (κ3) is 3.23. The van der Waals surface area contributed by atoms with Gasteiger partial charge in [-0.3, -0.25) is 14.7 Å². The average Bonchev–Trinajstić information content (AvgIpc) is 2.95. The molecule has 5 heterocycles. The lowest BCUT2D eigenvalue weighted by Crippen LogP contribution is -2.47. The molecule has 5 heteroatoms. The number of benzene rings is 1. The molecule has 0 radical (unpaired) electrons. The first kappa shape index (κ1) is 16.5. The first-order chi connectivity index (χ1) is 13.3. The molecule has 1 N–H and O–H groups in total. The van der Waals surface area contributed by atoms with Gasteiger partial charge in [0, 0.05) is 49.3 Å². The average molecular weight is 360 g/mol. The number of pyridine rings is 1. The summed E-state index contributed by atoms with van der Waals surface area (Å²) in [6.45, 7) is 3.70. The highest BCUT2D eigenvalue weighted by atomic mass is 16.2. The summed E-state index contributed by atoms with van der Waals surface area (Å²) in [6, 6.07) is 16.4. The number of amides is 1. The summed E-state index contributed by atoms with van der Waals surface area (Å²) in [5.74, 6) is 0.682. The van der Waals surface area contributed by atoms with E-state index in [-0.39, 0.29) is 11.9 Å². The Kier molecular flexibility index (Phi) is 4.17. The highest BCUT2D eigenvalue weighted by molar-refractivity contribution is 5.98. The molecular formula is C22H24N4O. The van der Waals surface area contributed by atoms with Crippen LogP contribution in [-0.4, -0.2) is 51.4 Å². The molecule has 27 heavy (non-hydrogen) atoms. The van der Waals surface area contributed by atoms with Crippen molar-refractivity contribution in [1.82, 2.24) is 19.8 Å². The molecule has 0 aliphatic carbocycles. The molecule has 3 aliphatic heterocycles. The maximum atomic E-state index is 13.2. The van der Waals surface area contributed by atoms with Gasteiger partial charge in [0.1, 0.15) is 5.69 Å². The van der Waals surface area contributed by atoms with E-state index in [9.17, 15) is 4.79 Å². The van der Waals surface area contributed by atoms with E-state index in [1.807, 2.05) is 48.7 Å². The van der Waals surface area contributed by atoms with Crippen molar-refractivity contribution in [2.24, 2.45) is 5.92 Å². The highest BCUT2D eigenvalue weighted by Crippen LogP contribution is 2.30. The van der Waals surface area contributed by atoms with Gasteiger partial charge in [0.15, 0.2) is 0 Å². The fourth-order valence-corrected chi connectivity index (χ4v) is 4.62. The fraction of sp³-hybridized carbons (Fsp3) is 0.364. The molecule has 3 saturated heterocycles. The zero-order chi connectivity index (χ0) is 18.2. The van der Waals surface area contributed by atoms with Gasteiger partial charge in [-0.05, 0) is 43.0 Å². The van der Waals surface area contributed by atoms with Gasteiger partial charge in [0.25, 0.3) is 5.91 Å². The Hall–Kier alpha value is -2.66. The summed E-state index contributed by atoms with van der Waals surface area (Å²) in [7, 11) is 0. The van der Waals surface area contributed by atoms with Crippen molar-refractivity contribution in [2.75, 3.05) is 19.6 Å². The highest BCUT2D eigenvalue weighted by Gasteiger charge is 2.37. The first-order valence-corrected chi connectivity index (χ1v) is 9.77. The minimum absolute atomic E-state index is 0.139. The van der Waals surface area contributed by atoms with Crippen LogP contribution in [0, 0.1) is 5.92 Å². The lowest BCUT2D eigenvalue weighted by atomic mass is 9.94. The molecule has 0 spiro atoms.